The topological polar surface area (TPSA) is 102 Å². The highest BCUT2D eigenvalue weighted by Gasteiger charge is 2.18. The number of aliphatic hydroxyl groups is 2. The number of aliphatic hydroxyl groups excluding tert-OH is 2. The lowest BCUT2D eigenvalue weighted by Gasteiger charge is -2.15. The standard InChI is InChI=1S/C11H11NO4/c12-5-4-9(13)10(14)7-2-1-3-8(6-7)11(15)16/h1-3,6,9-10,13-14H,4H2,(H,15,16). The van der Waals surface area contributed by atoms with Crippen LogP contribution in [0.3, 0.4) is 0 Å². The lowest BCUT2D eigenvalue weighted by atomic mass is 10.0. The molecular formula is C11H11NO4. The molecule has 0 aliphatic heterocycles. The van der Waals surface area contributed by atoms with Crippen LogP contribution in [0, 0.1) is 11.3 Å². The number of carboxylic acid groups (broad SMARTS) is 1. The average Bonchev–Trinajstić information content (AvgIpc) is 2.28. The van der Waals surface area contributed by atoms with E-state index < -0.39 is 18.2 Å². The second-order valence-electron chi connectivity index (χ2n) is 3.31. The van der Waals surface area contributed by atoms with E-state index in [1.807, 2.05) is 0 Å². The predicted octanol–water partition coefficient (Wildman–Crippen LogP) is 0.693. The summed E-state index contributed by atoms with van der Waals surface area (Å²) in [5.41, 5.74) is 0.309. The minimum absolute atomic E-state index is 0.0284. The maximum absolute atomic E-state index is 10.7. The Morgan fingerprint density at radius 1 is 1.44 bits per heavy atom. The van der Waals surface area contributed by atoms with Crippen molar-refractivity contribution in [3.05, 3.63) is 35.4 Å². The van der Waals surface area contributed by atoms with Crippen molar-refractivity contribution in [2.45, 2.75) is 18.6 Å². The molecule has 0 heterocycles. The third kappa shape index (κ3) is 2.79. The van der Waals surface area contributed by atoms with Crippen molar-refractivity contribution in [2.75, 3.05) is 0 Å². The number of rotatable bonds is 4. The van der Waals surface area contributed by atoms with Crippen LogP contribution in [0.15, 0.2) is 24.3 Å². The molecule has 0 radical (unpaired) electrons. The number of hydrogen-bond acceptors (Lipinski definition) is 4. The molecule has 0 saturated heterocycles. The van der Waals surface area contributed by atoms with Gasteiger partial charge in [0.05, 0.1) is 24.2 Å². The van der Waals surface area contributed by atoms with Crippen LogP contribution in [0.25, 0.3) is 0 Å². The van der Waals surface area contributed by atoms with Gasteiger partial charge in [0.2, 0.25) is 0 Å². The molecule has 0 aromatic heterocycles. The van der Waals surface area contributed by atoms with Crippen LogP contribution < -0.4 is 0 Å². The van der Waals surface area contributed by atoms with Crippen LogP contribution >= 0.6 is 0 Å². The smallest absolute Gasteiger partial charge is 0.335 e. The Kier molecular flexibility index (Phi) is 4.00. The third-order valence-electron chi connectivity index (χ3n) is 2.14. The van der Waals surface area contributed by atoms with Gasteiger partial charge in [-0.1, -0.05) is 12.1 Å². The molecular weight excluding hydrogens is 210 g/mol. The first kappa shape index (κ1) is 12.2. The molecule has 1 aromatic carbocycles. The fraction of sp³-hybridized carbons (Fsp3) is 0.273. The molecule has 5 nitrogen and oxygen atoms in total. The molecule has 0 aliphatic rings. The first-order valence-electron chi connectivity index (χ1n) is 4.62. The summed E-state index contributed by atoms with van der Waals surface area (Å²) in [5, 5.41) is 36.1. The first-order valence-corrected chi connectivity index (χ1v) is 4.62. The molecule has 0 aliphatic carbocycles. The van der Waals surface area contributed by atoms with Gasteiger partial charge < -0.3 is 15.3 Å². The second kappa shape index (κ2) is 5.26. The van der Waals surface area contributed by atoms with Crippen molar-refractivity contribution < 1.29 is 20.1 Å². The Morgan fingerprint density at radius 3 is 2.69 bits per heavy atom. The number of nitriles is 1. The molecule has 0 fully saturated rings. The van der Waals surface area contributed by atoms with E-state index >= 15 is 0 Å². The predicted molar refractivity (Wildman–Crippen MR) is 54.6 cm³/mol. The van der Waals surface area contributed by atoms with E-state index in [9.17, 15) is 15.0 Å². The number of hydrogen-bond donors (Lipinski definition) is 3. The second-order valence-corrected chi connectivity index (χ2v) is 3.31. The number of carbonyl (C=O) groups is 1. The molecule has 16 heavy (non-hydrogen) atoms. The minimum atomic E-state index is -1.25. The lowest BCUT2D eigenvalue weighted by Crippen LogP contribution is -2.17. The van der Waals surface area contributed by atoms with Crippen LogP contribution in [0.2, 0.25) is 0 Å². The molecule has 1 aromatic rings. The monoisotopic (exact) mass is 221 g/mol. The van der Waals surface area contributed by atoms with Crippen molar-refractivity contribution >= 4 is 5.97 Å². The Hall–Kier alpha value is -1.90. The van der Waals surface area contributed by atoms with Gasteiger partial charge in [-0.15, -0.1) is 0 Å². The van der Waals surface area contributed by atoms with Gasteiger partial charge in [0, 0.05) is 0 Å². The van der Waals surface area contributed by atoms with Gasteiger partial charge >= 0.3 is 5.97 Å². The number of nitrogens with zero attached hydrogens (tertiary/aromatic N) is 1. The summed E-state index contributed by atoms with van der Waals surface area (Å²) in [4.78, 5) is 10.7. The van der Waals surface area contributed by atoms with E-state index in [0.29, 0.717) is 0 Å². The summed E-state index contributed by atoms with van der Waals surface area (Å²) in [6, 6.07) is 7.36. The van der Waals surface area contributed by atoms with E-state index in [-0.39, 0.29) is 17.5 Å². The van der Waals surface area contributed by atoms with Gasteiger partial charge in [-0.2, -0.15) is 5.26 Å². The summed E-state index contributed by atoms with van der Waals surface area (Å²) in [7, 11) is 0. The molecule has 3 N–H and O–H groups in total. The van der Waals surface area contributed by atoms with E-state index in [4.69, 9.17) is 10.4 Å². The van der Waals surface area contributed by atoms with E-state index in [1.54, 1.807) is 6.07 Å². The Morgan fingerprint density at radius 2 is 2.12 bits per heavy atom. The molecule has 0 amide bonds. The molecule has 0 saturated carbocycles. The summed E-state index contributed by atoms with van der Waals surface area (Å²) in [5.74, 6) is -1.11. The van der Waals surface area contributed by atoms with Gasteiger partial charge in [-0.25, -0.2) is 4.79 Å². The zero-order chi connectivity index (χ0) is 12.1. The van der Waals surface area contributed by atoms with Gasteiger partial charge in [0.15, 0.2) is 0 Å². The highest BCUT2D eigenvalue weighted by Crippen LogP contribution is 2.19. The summed E-state index contributed by atoms with van der Waals surface area (Å²) in [6.07, 6.45) is -2.67. The number of benzene rings is 1. The van der Waals surface area contributed by atoms with Crippen molar-refractivity contribution in [2.24, 2.45) is 0 Å². The van der Waals surface area contributed by atoms with E-state index in [2.05, 4.69) is 0 Å². The maximum atomic E-state index is 10.7. The van der Waals surface area contributed by atoms with Crippen LogP contribution in [0.4, 0.5) is 0 Å². The molecule has 84 valence electrons. The quantitative estimate of drug-likeness (QED) is 0.694. The Labute approximate surface area is 92.2 Å². The number of aromatic carboxylic acids is 1. The van der Waals surface area contributed by atoms with Crippen LogP contribution in [0.5, 0.6) is 0 Å². The molecule has 2 unspecified atom stereocenters. The van der Waals surface area contributed by atoms with Gasteiger partial charge in [0.25, 0.3) is 0 Å². The van der Waals surface area contributed by atoms with Gasteiger partial charge in [-0.05, 0) is 17.7 Å². The normalized spacial score (nSPS) is 13.8. The Bertz CT molecular complexity index is 424. The molecule has 5 heteroatoms. The van der Waals surface area contributed by atoms with Crippen LogP contribution in [0.1, 0.15) is 28.4 Å². The largest absolute Gasteiger partial charge is 0.478 e. The third-order valence-corrected chi connectivity index (χ3v) is 2.14. The fourth-order valence-corrected chi connectivity index (χ4v) is 1.28. The van der Waals surface area contributed by atoms with Crippen LogP contribution in [-0.2, 0) is 0 Å². The van der Waals surface area contributed by atoms with Gasteiger partial charge in [0.1, 0.15) is 6.10 Å². The molecule has 0 spiro atoms. The van der Waals surface area contributed by atoms with Gasteiger partial charge in [-0.3, -0.25) is 0 Å². The highest BCUT2D eigenvalue weighted by molar-refractivity contribution is 5.87. The Balaban J connectivity index is 2.92. The van der Waals surface area contributed by atoms with E-state index in [1.165, 1.54) is 24.3 Å². The average molecular weight is 221 g/mol. The zero-order valence-corrected chi connectivity index (χ0v) is 8.37. The first-order chi connectivity index (χ1) is 7.56. The van der Waals surface area contributed by atoms with Crippen LogP contribution in [-0.4, -0.2) is 27.4 Å². The molecule has 2 atom stereocenters. The minimum Gasteiger partial charge on any atom is -0.478 e. The molecule has 1 rings (SSSR count). The lowest BCUT2D eigenvalue weighted by molar-refractivity contribution is 0.0215. The van der Waals surface area contributed by atoms with E-state index in [0.717, 1.165) is 0 Å². The fourth-order valence-electron chi connectivity index (χ4n) is 1.28. The summed E-state index contributed by atoms with van der Waals surface area (Å²) < 4.78 is 0. The summed E-state index contributed by atoms with van der Waals surface area (Å²) in [6.45, 7) is 0. The van der Waals surface area contributed by atoms with Crippen molar-refractivity contribution in [3.8, 4) is 6.07 Å². The van der Waals surface area contributed by atoms with Crippen molar-refractivity contribution in [3.63, 3.8) is 0 Å². The highest BCUT2D eigenvalue weighted by atomic mass is 16.4. The van der Waals surface area contributed by atoms with Crippen molar-refractivity contribution in [1.29, 1.82) is 5.26 Å². The SMILES string of the molecule is N#CCC(O)C(O)c1cccc(C(=O)O)c1. The summed E-state index contributed by atoms with van der Waals surface area (Å²) >= 11 is 0. The van der Waals surface area contributed by atoms with Crippen molar-refractivity contribution in [1.82, 2.24) is 0 Å². The maximum Gasteiger partial charge on any atom is 0.335 e. The molecule has 0 bridgehead atoms. The zero-order valence-electron chi connectivity index (χ0n) is 8.37. The number of carboxylic acids is 1.